The first-order valence-electron chi connectivity index (χ1n) is 6.81. The summed E-state index contributed by atoms with van der Waals surface area (Å²) >= 11 is 0. The number of methoxy groups -OCH3 is 2. The summed E-state index contributed by atoms with van der Waals surface area (Å²) < 4.78 is 34.5. The van der Waals surface area contributed by atoms with E-state index in [0.29, 0.717) is 18.4 Å². The summed E-state index contributed by atoms with van der Waals surface area (Å²) in [6.45, 7) is 0. The minimum absolute atomic E-state index is 0.144. The summed E-state index contributed by atoms with van der Waals surface area (Å²) in [6.07, 6.45) is 3.00. The van der Waals surface area contributed by atoms with Crippen LogP contribution in [-0.2, 0) is 15.4 Å². The van der Waals surface area contributed by atoms with Gasteiger partial charge in [-0.2, -0.15) is 4.98 Å². The Bertz CT molecular complexity index is 641. The van der Waals surface area contributed by atoms with Gasteiger partial charge in [0.1, 0.15) is 0 Å². The molecule has 3 heterocycles. The summed E-state index contributed by atoms with van der Waals surface area (Å²) in [6, 6.07) is 0.144. The maximum atomic E-state index is 12.2. The summed E-state index contributed by atoms with van der Waals surface area (Å²) in [7, 11) is -0.219. The molecule has 2 fully saturated rings. The molecule has 2 aliphatic heterocycles. The molecule has 2 aliphatic rings. The number of hydrogen-bond donors (Lipinski definition) is 1. The number of aliphatic hydroxyl groups is 1. The topological polar surface area (TPSA) is 98.6 Å². The lowest BCUT2D eigenvalue weighted by atomic mass is 9.87. The van der Waals surface area contributed by atoms with Gasteiger partial charge in [0.05, 0.1) is 35.9 Å². The molecular formula is C13H18N2O5S. The van der Waals surface area contributed by atoms with Crippen molar-refractivity contribution in [3.8, 4) is 11.9 Å². The molecule has 0 saturated carbocycles. The van der Waals surface area contributed by atoms with Crippen LogP contribution in [0.4, 0.5) is 0 Å². The van der Waals surface area contributed by atoms with Crippen molar-refractivity contribution in [1.29, 1.82) is 0 Å². The standard InChI is InChI=1S/C13H18N2O5S/c1-19-11-10(7-14-12(15-11)20-2)13(16)5-8-3-4-9(6-13)21(8,17)18/h7-9,16H,3-6H2,1-2H3. The zero-order chi connectivity index (χ0) is 15.3. The first-order chi connectivity index (χ1) is 9.90. The predicted molar refractivity (Wildman–Crippen MR) is 74.0 cm³/mol. The fourth-order valence-corrected chi connectivity index (χ4v) is 5.88. The Balaban J connectivity index is 2.01. The van der Waals surface area contributed by atoms with E-state index < -0.39 is 25.9 Å². The van der Waals surface area contributed by atoms with Crippen molar-refractivity contribution >= 4 is 9.84 Å². The van der Waals surface area contributed by atoms with Crippen LogP contribution in [0.5, 0.6) is 11.9 Å². The minimum atomic E-state index is -3.11. The third kappa shape index (κ3) is 2.17. The second-order valence-corrected chi connectivity index (χ2v) is 8.14. The van der Waals surface area contributed by atoms with E-state index in [1.807, 2.05) is 0 Å². The number of ether oxygens (including phenoxy) is 2. The van der Waals surface area contributed by atoms with Gasteiger partial charge in [-0.05, 0) is 25.7 Å². The van der Waals surface area contributed by atoms with Gasteiger partial charge in [0, 0.05) is 6.20 Å². The molecular weight excluding hydrogens is 296 g/mol. The normalized spacial score (nSPS) is 33.7. The van der Waals surface area contributed by atoms with Gasteiger partial charge in [0.25, 0.3) is 0 Å². The van der Waals surface area contributed by atoms with Crippen LogP contribution in [0.3, 0.4) is 0 Å². The second-order valence-electron chi connectivity index (χ2n) is 5.63. The van der Waals surface area contributed by atoms with E-state index in [4.69, 9.17) is 9.47 Å². The van der Waals surface area contributed by atoms with Crippen LogP contribution in [-0.4, -0.2) is 48.2 Å². The van der Waals surface area contributed by atoms with Crippen LogP contribution < -0.4 is 9.47 Å². The van der Waals surface area contributed by atoms with E-state index in [2.05, 4.69) is 9.97 Å². The zero-order valence-corrected chi connectivity index (χ0v) is 12.8. The first kappa shape index (κ1) is 14.5. The van der Waals surface area contributed by atoms with Gasteiger partial charge in [-0.3, -0.25) is 0 Å². The molecule has 2 unspecified atom stereocenters. The van der Waals surface area contributed by atoms with Gasteiger partial charge in [0.15, 0.2) is 9.84 Å². The van der Waals surface area contributed by atoms with Crippen LogP contribution >= 0.6 is 0 Å². The predicted octanol–water partition coefficient (Wildman–Crippen LogP) is 0.421. The van der Waals surface area contributed by atoms with Gasteiger partial charge in [0.2, 0.25) is 5.88 Å². The third-order valence-electron chi connectivity index (χ3n) is 4.48. The molecule has 0 aliphatic carbocycles. The Morgan fingerprint density at radius 1 is 1.24 bits per heavy atom. The number of fused-ring (bicyclic) bond motifs is 2. The molecule has 3 rings (SSSR count). The van der Waals surface area contributed by atoms with Crippen LogP contribution in [0.1, 0.15) is 31.2 Å². The smallest absolute Gasteiger partial charge is 0.319 e. The largest absolute Gasteiger partial charge is 0.481 e. The Kier molecular flexibility index (Phi) is 3.32. The van der Waals surface area contributed by atoms with Crippen molar-refractivity contribution in [3.05, 3.63) is 11.8 Å². The summed E-state index contributed by atoms with van der Waals surface area (Å²) in [5.41, 5.74) is -0.841. The molecule has 0 radical (unpaired) electrons. The van der Waals surface area contributed by atoms with E-state index in [1.54, 1.807) is 0 Å². The number of nitrogens with zero attached hydrogens (tertiary/aromatic N) is 2. The molecule has 2 atom stereocenters. The van der Waals surface area contributed by atoms with E-state index >= 15 is 0 Å². The quantitative estimate of drug-likeness (QED) is 0.863. The summed E-state index contributed by atoms with van der Waals surface area (Å²) in [5, 5.41) is 9.98. The molecule has 1 aromatic heterocycles. The molecule has 7 nitrogen and oxygen atoms in total. The SMILES string of the molecule is COc1ncc(C2(O)CC3CCC(C2)S3(=O)=O)c(OC)n1. The molecule has 0 amide bonds. The lowest BCUT2D eigenvalue weighted by Crippen LogP contribution is -2.43. The molecule has 116 valence electrons. The van der Waals surface area contributed by atoms with Crippen molar-refractivity contribution in [2.75, 3.05) is 14.2 Å². The molecule has 8 heteroatoms. The summed E-state index contributed by atoms with van der Waals surface area (Å²) in [5.74, 6) is 0.225. The Hall–Kier alpha value is -1.41. The van der Waals surface area contributed by atoms with Gasteiger partial charge < -0.3 is 14.6 Å². The van der Waals surface area contributed by atoms with Crippen molar-refractivity contribution in [2.45, 2.75) is 41.8 Å². The highest BCUT2D eigenvalue weighted by molar-refractivity contribution is 7.93. The molecule has 0 aromatic carbocycles. The van der Waals surface area contributed by atoms with Crippen molar-refractivity contribution < 1.29 is 23.0 Å². The average Bonchev–Trinajstić information content (AvgIpc) is 2.66. The van der Waals surface area contributed by atoms with E-state index in [0.717, 1.165) is 0 Å². The maximum Gasteiger partial charge on any atom is 0.319 e. The molecule has 2 saturated heterocycles. The Morgan fingerprint density at radius 2 is 1.86 bits per heavy atom. The number of sulfone groups is 1. The zero-order valence-electron chi connectivity index (χ0n) is 11.9. The van der Waals surface area contributed by atoms with E-state index in [-0.39, 0.29) is 24.7 Å². The fourth-order valence-electron chi connectivity index (χ4n) is 3.39. The molecule has 21 heavy (non-hydrogen) atoms. The lowest BCUT2D eigenvalue weighted by molar-refractivity contribution is 0.0140. The molecule has 1 aromatic rings. The van der Waals surface area contributed by atoms with Crippen LogP contribution in [0.25, 0.3) is 0 Å². The molecule has 1 N–H and O–H groups in total. The number of hydrogen-bond acceptors (Lipinski definition) is 7. The van der Waals surface area contributed by atoms with E-state index in [1.165, 1.54) is 20.4 Å². The van der Waals surface area contributed by atoms with Gasteiger partial charge >= 0.3 is 6.01 Å². The van der Waals surface area contributed by atoms with Crippen LogP contribution in [0, 0.1) is 0 Å². The highest BCUT2D eigenvalue weighted by Gasteiger charge is 2.54. The van der Waals surface area contributed by atoms with Crippen molar-refractivity contribution in [1.82, 2.24) is 9.97 Å². The van der Waals surface area contributed by atoms with Gasteiger partial charge in [-0.25, -0.2) is 13.4 Å². The maximum absolute atomic E-state index is 12.2. The van der Waals surface area contributed by atoms with Gasteiger partial charge in [-0.15, -0.1) is 0 Å². The summed E-state index contributed by atoms with van der Waals surface area (Å²) in [4.78, 5) is 8.08. The fraction of sp³-hybridized carbons (Fsp3) is 0.692. The first-order valence-corrected chi connectivity index (χ1v) is 8.42. The molecule has 2 bridgehead atoms. The number of rotatable bonds is 3. The minimum Gasteiger partial charge on any atom is -0.481 e. The second kappa shape index (κ2) is 4.81. The monoisotopic (exact) mass is 314 g/mol. The lowest BCUT2D eigenvalue weighted by Gasteiger charge is -2.36. The van der Waals surface area contributed by atoms with Gasteiger partial charge in [-0.1, -0.05) is 0 Å². The van der Waals surface area contributed by atoms with Crippen molar-refractivity contribution in [2.24, 2.45) is 0 Å². The average molecular weight is 314 g/mol. The third-order valence-corrected chi connectivity index (χ3v) is 7.14. The molecule has 0 spiro atoms. The highest BCUT2D eigenvalue weighted by Crippen LogP contribution is 2.49. The number of aromatic nitrogens is 2. The van der Waals surface area contributed by atoms with Crippen LogP contribution in [0.15, 0.2) is 6.20 Å². The Labute approximate surface area is 123 Å². The highest BCUT2D eigenvalue weighted by atomic mass is 32.2. The van der Waals surface area contributed by atoms with Crippen molar-refractivity contribution in [3.63, 3.8) is 0 Å². The van der Waals surface area contributed by atoms with Crippen LogP contribution in [0.2, 0.25) is 0 Å². The van der Waals surface area contributed by atoms with E-state index in [9.17, 15) is 13.5 Å². The Morgan fingerprint density at radius 3 is 2.38 bits per heavy atom.